The molecular formula is C18H28O3. The van der Waals surface area contributed by atoms with Crippen LogP contribution in [0.2, 0.25) is 0 Å². The van der Waals surface area contributed by atoms with Crippen LogP contribution in [0.25, 0.3) is 0 Å². The monoisotopic (exact) mass is 292 g/mol. The Kier molecular flexibility index (Phi) is 4.39. The van der Waals surface area contributed by atoms with Crippen LogP contribution in [-0.2, 0) is 9.53 Å². The van der Waals surface area contributed by atoms with Gasteiger partial charge < -0.3 is 9.84 Å². The van der Waals surface area contributed by atoms with Gasteiger partial charge in [-0.15, -0.1) is 0 Å². The first-order chi connectivity index (χ1) is 10.1. The fraction of sp³-hybridized carbons (Fsp3) is 0.833. The van der Waals surface area contributed by atoms with Gasteiger partial charge in [-0.1, -0.05) is 32.3 Å². The Morgan fingerprint density at radius 2 is 1.81 bits per heavy atom. The van der Waals surface area contributed by atoms with Crippen LogP contribution in [0.5, 0.6) is 0 Å². The van der Waals surface area contributed by atoms with E-state index in [1.807, 2.05) is 0 Å². The topological polar surface area (TPSA) is 46.5 Å². The Balaban J connectivity index is 1.80. The highest BCUT2D eigenvalue weighted by Gasteiger charge is 2.50. The van der Waals surface area contributed by atoms with Crippen molar-refractivity contribution in [3.63, 3.8) is 0 Å². The molecule has 0 heterocycles. The molecule has 0 saturated heterocycles. The van der Waals surface area contributed by atoms with E-state index in [1.54, 1.807) is 6.92 Å². The second-order valence-electron chi connectivity index (χ2n) is 7.41. The van der Waals surface area contributed by atoms with Gasteiger partial charge >= 0.3 is 5.97 Å². The van der Waals surface area contributed by atoms with Crippen LogP contribution in [0.4, 0.5) is 0 Å². The molecule has 0 aromatic rings. The molecule has 3 aliphatic carbocycles. The predicted molar refractivity (Wildman–Crippen MR) is 81.6 cm³/mol. The van der Waals surface area contributed by atoms with Crippen LogP contribution in [0.3, 0.4) is 0 Å². The summed E-state index contributed by atoms with van der Waals surface area (Å²) in [5, 5.41) is 10.5. The predicted octanol–water partition coefficient (Wildman–Crippen LogP) is 3.46. The summed E-state index contributed by atoms with van der Waals surface area (Å²) < 4.78 is 5.77. The van der Waals surface area contributed by atoms with E-state index in [1.165, 1.54) is 25.7 Å². The molecule has 6 atom stereocenters. The van der Waals surface area contributed by atoms with E-state index in [4.69, 9.17) is 4.74 Å². The minimum Gasteiger partial charge on any atom is -0.459 e. The molecule has 3 rings (SSSR count). The van der Waals surface area contributed by atoms with Gasteiger partial charge in [0.2, 0.25) is 0 Å². The molecule has 0 bridgehead atoms. The molecule has 0 aromatic carbocycles. The first-order valence-corrected chi connectivity index (χ1v) is 8.62. The van der Waals surface area contributed by atoms with Crippen LogP contribution < -0.4 is 0 Å². The smallest absolute Gasteiger partial charge is 0.333 e. The minimum atomic E-state index is -0.256. The van der Waals surface area contributed by atoms with Crippen molar-refractivity contribution in [2.75, 3.05) is 0 Å². The molecule has 21 heavy (non-hydrogen) atoms. The number of ether oxygens (including phenoxy) is 1. The van der Waals surface area contributed by atoms with Gasteiger partial charge in [-0.25, -0.2) is 4.79 Å². The molecule has 1 N–H and O–H groups in total. The number of hydrogen-bond acceptors (Lipinski definition) is 3. The van der Waals surface area contributed by atoms with Crippen molar-refractivity contribution in [2.45, 2.75) is 70.5 Å². The number of rotatable bonds is 2. The quantitative estimate of drug-likeness (QED) is 0.626. The van der Waals surface area contributed by atoms with Crippen LogP contribution in [-0.4, -0.2) is 23.3 Å². The fourth-order valence-corrected chi connectivity index (χ4v) is 5.15. The summed E-state index contributed by atoms with van der Waals surface area (Å²) in [6.45, 7) is 5.41. The van der Waals surface area contributed by atoms with Gasteiger partial charge in [0.05, 0.1) is 6.10 Å². The number of fused-ring (bicyclic) bond motifs is 3. The zero-order valence-electron chi connectivity index (χ0n) is 13.1. The SMILES string of the molecule is C=C(C)C(=O)O[C@@H]1CC2CCCCC2C2C1CCC[C@H]2O. The number of esters is 1. The minimum absolute atomic E-state index is 0.00602. The third-order valence-corrected chi connectivity index (χ3v) is 6.06. The molecule has 3 saturated carbocycles. The highest BCUT2D eigenvalue weighted by molar-refractivity contribution is 5.87. The van der Waals surface area contributed by atoms with Crippen molar-refractivity contribution >= 4 is 5.97 Å². The summed E-state index contributed by atoms with van der Waals surface area (Å²) in [6.07, 6.45) is 8.95. The average molecular weight is 292 g/mol. The van der Waals surface area contributed by atoms with Crippen molar-refractivity contribution in [1.29, 1.82) is 0 Å². The van der Waals surface area contributed by atoms with Gasteiger partial charge in [0, 0.05) is 11.5 Å². The summed E-state index contributed by atoms with van der Waals surface area (Å²) in [5.41, 5.74) is 0.480. The van der Waals surface area contributed by atoms with E-state index in [-0.39, 0.29) is 18.2 Å². The summed E-state index contributed by atoms with van der Waals surface area (Å²) in [7, 11) is 0. The van der Waals surface area contributed by atoms with E-state index < -0.39 is 0 Å². The standard InChI is InChI=1S/C18H28O3/c1-11(2)18(20)21-16-10-12-6-3-4-7-13(12)17-14(16)8-5-9-15(17)19/h12-17,19H,1,3-10H2,2H3/t12?,13?,14?,15-,16-,17?/m1/s1. The van der Waals surface area contributed by atoms with Crippen molar-refractivity contribution in [2.24, 2.45) is 23.7 Å². The average Bonchev–Trinajstić information content (AvgIpc) is 2.47. The van der Waals surface area contributed by atoms with Crippen LogP contribution >= 0.6 is 0 Å². The lowest BCUT2D eigenvalue weighted by Crippen LogP contribution is -2.52. The van der Waals surface area contributed by atoms with Gasteiger partial charge in [0.1, 0.15) is 6.10 Å². The Hall–Kier alpha value is -0.830. The molecule has 118 valence electrons. The number of carbonyl (C=O) groups excluding carboxylic acids is 1. The molecular weight excluding hydrogens is 264 g/mol. The molecule has 0 amide bonds. The highest BCUT2D eigenvalue weighted by Crippen LogP contribution is 2.52. The second kappa shape index (κ2) is 6.12. The van der Waals surface area contributed by atoms with E-state index in [0.717, 1.165) is 25.7 Å². The van der Waals surface area contributed by atoms with Crippen LogP contribution in [0.15, 0.2) is 12.2 Å². The van der Waals surface area contributed by atoms with Crippen LogP contribution in [0.1, 0.15) is 58.3 Å². The molecule has 0 spiro atoms. The first-order valence-electron chi connectivity index (χ1n) is 8.62. The lowest BCUT2D eigenvalue weighted by Gasteiger charge is -2.52. The summed E-state index contributed by atoms with van der Waals surface area (Å²) in [4.78, 5) is 11.9. The molecule has 0 aliphatic heterocycles. The van der Waals surface area contributed by atoms with Gasteiger partial charge in [-0.05, 0) is 50.4 Å². The Morgan fingerprint density at radius 3 is 2.57 bits per heavy atom. The zero-order chi connectivity index (χ0) is 15.0. The first kappa shape index (κ1) is 15.1. The largest absolute Gasteiger partial charge is 0.459 e. The number of aliphatic hydroxyl groups excluding tert-OH is 1. The van der Waals surface area contributed by atoms with E-state index >= 15 is 0 Å². The van der Waals surface area contributed by atoms with Gasteiger partial charge in [0.25, 0.3) is 0 Å². The molecule has 3 aliphatic rings. The third kappa shape index (κ3) is 2.90. The molecule has 4 unspecified atom stereocenters. The lowest BCUT2D eigenvalue weighted by molar-refractivity contribution is -0.165. The Bertz CT molecular complexity index is 417. The maximum absolute atomic E-state index is 11.9. The van der Waals surface area contributed by atoms with E-state index in [2.05, 4.69) is 6.58 Å². The van der Waals surface area contributed by atoms with E-state index in [9.17, 15) is 9.90 Å². The van der Waals surface area contributed by atoms with Gasteiger partial charge in [-0.2, -0.15) is 0 Å². The third-order valence-electron chi connectivity index (χ3n) is 6.06. The molecule has 3 fully saturated rings. The molecule has 0 radical (unpaired) electrons. The van der Waals surface area contributed by atoms with Gasteiger partial charge in [0.15, 0.2) is 0 Å². The summed E-state index contributed by atoms with van der Waals surface area (Å²) in [6, 6.07) is 0. The van der Waals surface area contributed by atoms with Crippen molar-refractivity contribution in [3.8, 4) is 0 Å². The zero-order valence-corrected chi connectivity index (χ0v) is 13.1. The fourth-order valence-electron chi connectivity index (χ4n) is 5.15. The van der Waals surface area contributed by atoms with Crippen molar-refractivity contribution in [3.05, 3.63) is 12.2 Å². The lowest BCUT2D eigenvalue weighted by atomic mass is 9.56. The van der Waals surface area contributed by atoms with Crippen LogP contribution in [0, 0.1) is 23.7 Å². The normalized spacial score (nSPS) is 42.6. The van der Waals surface area contributed by atoms with Crippen molar-refractivity contribution < 1.29 is 14.6 Å². The second-order valence-corrected chi connectivity index (χ2v) is 7.41. The molecule has 3 nitrogen and oxygen atoms in total. The van der Waals surface area contributed by atoms with Gasteiger partial charge in [-0.3, -0.25) is 0 Å². The highest BCUT2D eigenvalue weighted by atomic mass is 16.5. The summed E-state index contributed by atoms with van der Waals surface area (Å²) >= 11 is 0. The number of carbonyl (C=O) groups is 1. The maximum atomic E-state index is 11.9. The van der Waals surface area contributed by atoms with E-state index in [0.29, 0.717) is 29.2 Å². The Labute approximate surface area is 127 Å². The van der Waals surface area contributed by atoms with Crippen molar-refractivity contribution in [1.82, 2.24) is 0 Å². The molecule has 0 aromatic heterocycles. The maximum Gasteiger partial charge on any atom is 0.333 e. The Morgan fingerprint density at radius 1 is 1.10 bits per heavy atom. The summed E-state index contributed by atoms with van der Waals surface area (Å²) in [5.74, 6) is 1.74. The number of aliphatic hydroxyl groups is 1. The molecule has 3 heteroatoms. The number of hydrogen-bond donors (Lipinski definition) is 1.